The number of amides is 2. The number of nitrogens with two attached hydrogens (primary N) is 1. The molecule has 0 saturated heterocycles. The number of ether oxygens (including phenoxy) is 1. The van der Waals surface area contributed by atoms with Crippen LogP contribution in [0.4, 0.5) is 4.79 Å². The molecule has 0 fully saturated rings. The van der Waals surface area contributed by atoms with Crippen molar-refractivity contribution in [2.75, 3.05) is 6.54 Å². The van der Waals surface area contributed by atoms with Crippen molar-refractivity contribution >= 4 is 23.9 Å². The van der Waals surface area contributed by atoms with E-state index in [1.807, 2.05) is 13.8 Å². The third-order valence-electron chi connectivity index (χ3n) is 4.19. The molecule has 15 heteroatoms. The summed E-state index contributed by atoms with van der Waals surface area (Å²) in [6.07, 6.45) is 1.01. The Labute approximate surface area is 202 Å². The normalized spacial score (nSPS) is 13.6. The molecule has 15 nitrogen and oxygen atoms in total. The maximum absolute atomic E-state index is 12.5. The fourth-order valence-corrected chi connectivity index (χ4v) is 2.81. The highest BCUT2D eigenvalue weighted by Crippen LogP contribution is 2.22. The number of carbonyl (C=O) groups excluding carboxylic acids is 2. The monoisotopic (exact) mass is 499 g/mol. The molecule has 0 aliphatic rings. The van der Waals surface area contributed by atoms with E-state index in [-0.39, 0.29) is 36.9 Å². The van der Waals surface area contributed by atoms with E-state index in [0.717, 1.165) is 6.26 Å². The quantitative estimate of drug-likeness (QED) is 0.0906. The number of nitro groups is 1. The Kier molecular flexibility index (Phi) is 10.9. The van der Waals surface area contributed by atoms with Gasteiger partial charge >= 0.3 is 12.1 Å². The number of carboxylic acid groups (broad SMARTS) is 1. The van der Waals surface area contributed by atoms with E-state index in [1.54, 1.807) is 26.2 Å². The molecule has 1 heterocycles. The zero-order chi connectivity index (χ0) is 26.8. The minimum Gasteiger partial charge on any atom is -0.480 e. The molecule has 2 atom stereocenters. The first kappa shape index (κ1) is 29.1. The number of carboxylic acids is 1. The van der Waals surface area contributed by atoms with E-state index < -0.39 is 46.6 Å². The van der Waals surface area contributed by atoms with Gasteiger partial charge in [0.15, 0.2) is 10.7 Å². The lowest BCUT2D eigenvalue weighted by atomic mass is 10.0. The highest BCUT2D eigenvalue weighted by atomic mass is 16.7. The number of aliphatic carboxylic acids is 1. The molecule has 0 aliphatic carbocycles. The third-order valence-corrected chi connectivity index (χ3v) is 4.19. The maximum atomic E-state index is 12.5. The molecule has 6 N–H and O–H groups in total. The van der Waals surface area contributed by atoms with Crippen LogP contribution >= 0.6 is 0 Å². The number of oxazole rings is 1. The van der Waals surface area contributed by atoms with Gasteiger partial charge in [-0.1, -0.05) is 19.3 Å². The third kappa shape index (κ3) is 11.7. The van der Waals surface area contributed by atoms with Crippen LogP contribution in [0.5, 0.6) is 0 Å². The number of guanidine groups is 1. The number of hydrazine groups is 1. The van der Waals surface area contributed by atoms with Gasteiger partial charge in [-0.2, -0.15) is 0 Å². The molecule has 1 aromatic heterocycles. The van der Waals surface area contributed by atoms with Crippen LogP contribution in [0.15, 0.2) is 15.7 Å². The van der Waals surface area contributed by atoms with Crippen LogP contribution in [0.1, 0.15) is 76.3 Å². The van der Waals surface area contributed by atoms with Gasteiger partial charge in [0.25, 0.3) is 11.9 Å². The number of rotatable bonds is 12. The number of alkyl carbamates (subject to hydrolysis) is 1. The number of nitrogens with one attached hydrogen (secondary N) is 3. The summed E-state index contributed by atoms with van der Waals surface area (Å²) in [5, 5.41) is 23.8. The lowest BCUT2D eigenvalue weighted by Crippen LogP contribution is -2.41. The molecule has 1 aromatic rings. The number of hydrogen-bond donors (Lipinski definition) is 5. The summed E-state index contributed by atoms with van der Waals surface area (Å²) >= 11 is 0. The zero-order valence-electron chi connectivity index (χ0n) is 20.4. The van der Waals surface area contributed by atoms with Crippen molar-refractivity contribution < 1.29 is 33.7 Å². The predicted octanol–water partition coefficient (Wildman–Crippen LogP) is 1.35. The van der Waals surface area contributed by atoms with Crippen LogP contribution < -0.4 is 21.8 Å². The molecule has 0 bridgehead atoms. The summed E-state index contributed by atoms with van der Waals surface area (Å²) in [5.74, 6) is -2.27. The maximum Gasteiger partial charge on any atom is 0.408 e. The van der Waals surface area contributed by atoms with E-state index in [0.29, 0.717) is 6.42 Å². The minimum atomic E-state index is -1.29. The highest BCUT2D eigenvalue weighted by molar-refractivity contribution is 5.94. The van der Waals surface area contributed by atoms with Crippen LogP contribution in [0.2, 0.25) is 0 Å². The molecule has 0 unspecified atom stereocenters. The molecule has 0 spiro atoms. The van der Waals surface area contributed by atoms with Crippen molar-refractivity contribution in [3.63, 3.8) is 0 Å². The smallest absolute Gasteiger partial charge is 0.408 e. The second kappa shape index (κ2) is 13.1. The molecule has 0 aliphatic heterocycles. The largest absolute Gasteiger partial charge is 0.480 e. The van der Waals surface area contributed by atoms with E-state index in [9.17, 15) is 29.6 Å². The van der Waals surface area contributed by atoms with Gasteiger partial charge in [-0.05, 0) is 46.0 Å². The Bertz CT molecular complexity index is 923. The molecular weight excluding hydrogens is 466 g/mol. The summed E-state index contributed by atoms with van der Waals surface area (Å²) in [7, 11) is 0. The number of aliphatic imine (C=N–C) groups is 1. The average Bonchev–Trinajstić information content (AvgIpc) is 3.17. The van der Waals surface area contributed by atoms with Crippen LogP contribution in [-0.4, -0.2) is 57.2 Å². The van der Waals surface area contributed by atoms with Crippen LogP contribution in [0.3, 0.4) is 0 Å². The van der Waals surface area contributed by atoms with E-state index in [1.165, 1.54) is 0 Å². The van der Waals surface area contributed by atoms with Crippen LogP contribution in [0.25, 0.3) is 0 Å². The van der Waals surface area contributed by atoms with Gasteiger partial charge in [0, 0.05) is 6.54 Å². The van der Waals surface area contributed by atoms with Gasteiger partial charge in [-0.25, -0.2) is 29.7 Å². The molecule has 0 radical (unpaired) electrons. The van der Waals surface area contributed by atoms with E-state index >= 15 is 0 Å². The first-order valence-corrected chi connectivity index (χ1v) is 10.9. The number of aromatic nitrogens is 1. The zero-order valence-corrected chi connectivity index (χ0v) is 20.4. The second-order valence-corrected chi connectivity index (χ2v) is 9.04. The van der Waals surface area contributed by atoms with Crippen molar-refractivity contribution in [3.8, 4) is 0 Å². The van der Waals surface area contributed by atoms with Crippen molar-refractivity contribution in [2.24, 2.45) is 16.6 Å². The first-order chi connectivity index (χ1) is 16.2. The van der Waals surface area contributed by atoms with Gasteiger partial charge in [0.2, 0.25) is 5.89 Å². The Morgan fingerprint density at radius 2 is 1.97 bits per heavy atom. The SMILES string of the molecule is CC(C)C[C@H](NC(=O)OC(C)(C)C)c1nc(C(=O)N[C@@H](CCCN=C(N)N[N+](=O)[O-])C(=O)O)co1. The Balaban J connectivity index is 2.81. The van der Waals surface area contributed by atoms with Crippen LogP contribution in [-0.2, 0) is 9.53 Å². The molecule has 196 valence electrons. The summed E-state index contributed by atoms with van der Waals surface area (Å²) in [6, 6.07) is -1.94. The number of carbonyl (C=O) groups is 3. The summed E-state index contributed by atoms with van der Waals surface area (Å²) < 4.78 is 10.7. The Morgan fingerprint density at radius 3 is 2.51 bits per heavy atom. The van der Waals surface area contributed by atoms with Crippen LogP contribution in [0, 0.1) is 16.0 Å². The Hall–Kier alpha value is -3.91. The van der Waals surface area contributed by atoms with E-state index in [2.05, 4.69) is 20.6 Å². The van der Waals surface area contributed by atoms with Gasteiger partial charge in [-0.15, -0.1) is 0 Å². The second-order valence-electron chi connectivity index (χ2n) is 9.04. The minimum absolute atomic E-state index is 0.00759. The lowest BCUT2D eigenvalue weighted by Gasteiger charge is -2.23. The Morgan fingerprint density at radius 1 is 1.31 bits per heavy atom. The standard InChI is InChI=1S/C20H33N7O8/c1-11(2)9-13(25-19(31)35-20(3,4)5)16-24-14(10-34-16)15(28)23-12(17(29)30)7-6-8-22-18(21)26-27(32)33/h10-13H,6-9H2,1-5H3,(H,23,28)(H,25,31)(H,29,30)(H3,21,22,26)/t12-,13-/m0/s1. The number of nitrogens with zero attached hydrogens (tertiary/aromatic N) is 3. The first-order valence-electron chi connectivity index (χ1n) is 10.9. The fourth-order valence-electron chi connectivity index (χ4n) is 2.81. The van der Waals surface area contributed by atoms with Gasteiger partial charge in [0.05, 0.1) is 0 Å². The van der Waals surface area contributed by atoms with E-state index in [4.69, 9.17) is 14.9 Å². The van der Waals surface area contributed by atoms with Gasteiger partial charge < -0.3 is 30.6 Å². The molecule has 2 amide bonds. The van der Waals surface area contributed by atoms with Crippen molar-refractivity contribution in [2.45, 2.75) is 71.6 Å². The van der Waals surface area contributed by atoms with Gasteiger partial charge in [-0.3, -0.25) is 4.79 Å². The van der Waals surface area contributed by atoms with Crippen molar-refractivity contribution in [1.29, 1.82) is 0 Å². The summed E-state index contributed by atoms with van der Waals surface area (Å²) in [6.45, 7) is 9.04. The molecule has 0 aromatic carbocycles. The summed E-state index contributed by atoms with van der Waals surface area (Å²) in [5.41, 5.74) is 6.08. The average molecular weight is 500 g/mol. The topological polar surface area (TPSA) is 224 Å². The lowest BCUT2D eigenvalue weighted by molar-refractivity contribution is -0.525. The molecular formula is C20H33N7O8. The number of hydrogen-bond acceptors (Lipinski definition) is 9. The highest BCUT2D eigenvalue weighted by Gasteiger charge is 2.27. The molecule has 1 rings (SSSR count). The molecule has 0 saturated carbocycles. The van der Waals surface area contributed by atoms with Crippen molar-refractivity contribution in [3.05, 3.63) is 28.0 Å². The molecule has 35 heavy (non-hydrogen) atoms. The van der Waals surface area contributed by atoms with Crippen molar-refractivity contribution in [1.82, 2.24) is 21.0 Å². The fraction of sp³-hybridized carbons (Fsp3) is 0.650. The van der Waals surface area contributed by atoms with Gasteiger partial charge in [0.1, 0.15) is 23.9 Å². The summed E-state index contributed by atoms with van der Waals surface area (Å²) in [4.78, 5) is 54.4. The predicted molar refractivity (Wildman–Crippen MR) is 123 cm³/mol.